The summed E-state index contributed by atoms with van der Waals surface area (Å²) in [5.74, 6) is 0.356. The fraction of sp³-hybridized carbons (Fsp3) is 0.500. The largest absolute Gasteiger partial charge is 0.224 e. The van der Waals surface area contributed by atoms with Gasteiger partial charge in [0.25, 0.3) is 0 Å². The van der Waals surface area contributed by atoms with Gasteiger partial charge in [0.05, 0.1) is 10.6 Å². The molecule has 0 aliphatic rings. The van der Waals surface area contributed by atoms with Crippen molar-refractivity contribution in [3.05, 3.63) is 29.3 Å². The highest BCUT2D eigenvalue weighted by Crippen LogP contribution is 2.20. The van der Waals surface area contributed by atoms with E-state index in [4.69, 9.17) is 11.6 Å². The van der Waals surface area contributed by atoms with Gasteiger partial charge in [-0.15, -0.1) is 0 Å². The van der Waals surface area contributed by atoms with E-state index in [9.17, 15) is 8.42 Å². The molecule has 0 saturated heterocycles. The van der Waals surface area contributed by atoms with E-state index in [1.54, 1.807) is 24.3 Å². The quantitative estimate of drug-likeness (QED) is 0.736. The van der Waals surface area contributed by atoms with Crippen LogP contribution in [0.1, 0.15) is 19.8 Å². The Kier molecular flexibility index (Phi) is 5.97. The molecule has 0 fully saturated rings. The van der Waals surface area contributed by atoms with Crippen LogP contribution in [-0.2, 0) is 9.84 Å². The second-order valence-electron chi connectivity index (χ2n) is 4.04. The van der Waals surface area contributed by atoms with Crippen LogP contribution >= 0.6 is 27.5 Å². The molecule has 0 spiro atoms. The van der Waals surface area contributed by atoms with Crippen molar-refractivity contribution in [2.75, 3.05) is 11.1 Å². The second-order valence-corrected chi connectivity index (χ2v) is 7.16. The first-order valence-electron chi connectivity index (χ1n) is 5.54. The zero-order valence-corrected chi connectivity index (χ0v) is 12.9. The van der Waals surface area contributed by atoms with Gasteiger partial charge in [0.1, 0.15) is 0 Å². The summed E-state index contributed by atoms with van der Waals surface area (Å²) in [5.41, 5.74) is 0. The molecular formula is C12H16BrClO2S. The van der Waals surface area contributed by atoms with E-state index < -0.39 is 9.84 Å². The summed E-state index contributed by atoms with van der Waals surface area (Å²) in [4.78, 5) is 0.351. The van der Waals surface area contributed by atoms with Gasteiger partial charge in [0, 0.05) is 10.4 Å². The SMILES string of the molecule is CCCC(CBr)CS(=O)(=O)c1ccc(Cl)cc1. The lowest BCUT2D eigenvalue weighted by atomic mass is 10.1. The zero-order valence-electron chi connectivity index (χ0n) is 9.70. The van der Waals surface area contributed by atoms with Crippen LogP contribution in [0.3, 0.4) is 0 Å². The smallest absolute Gasteiger partial charge is 0.178 e. The van der Waals surface area contributed by atoms with E-state index in [2.05, 4.69) is 22.9 Å². The maximum atomic E-state index is 12.1. The average Bonchev–Trinajstić information content (AvgIpc) is 2.28. The van der Waals surface area contributed by atoms with E-state index in [0.29, 0.717) is 15.2 Å². The molecule has 2 nitrogen and oxygen atoms in total. The van der Waals surface area contributed by atoms with Crippen LogP contribution in [0.2, 0.25) is 5.02 Å². The third kappa shape index (κ3) is 4.60. The molecule has 0 heterocycles. The number of benzene rings is 1. The topological polar surface area (TPSA) is 34.1 Å². The van der Waals surface area contributed by atoms with Crippen molar-refractivity contribution < 1.29 is 8.42 Å². The highest BCUT2D eigenvalue weighted by molar-refractivity contribution is 9.09. The van der Waals surface area contributed by atoms with Crippen molar-refractivity contribution in [3.63, 3.8) is 0 Å². The highest BCUT2D eigenvalue weighted by Gasteiger charge is 2.20. The maximum Gasteiger partial charge on any atom is 0.178 e. The maximum absolute atomic E-state index is 12.1. The number of hydrogen-bond donors (Lipinski definition) is 0. The van der Waals surface area contributed by atoms with Crippen molar-refractivity contribution >= 4 is 37.4 Å². The van der Waals surface area contributed by atoms with E-state index in [0.717, 1.165) is 12.8 Å². The Morgan fingerprint density at radius 2 is 1.88 bits per heavy atom. The summed E-state index contributed by atoms with van der Waals surface area (Å²) in [6, 6.07) is 6.35. The van der Waals surface area contributed by atoms with Gasteiger partial charge in [-0.05, 0) is 36.6 Å². The standard InChI is InChI=1S/C12H16BrClO2S/c1-2-3-10(8-13)9-17(15,16)12-6-4-11(14)5-7-12/h4-7,10H,2-3,8-9H2,1H3. The fourth-order valence-electron chi connectivity index (χ4n) is 1.66. The van der Waals surface area contributed by atoms with Gasteiger partial charge < -0.3 is 0 Å². The Labute approximate surface area is 116 Å². The fourth-order valence-corrected chi connectivity index (χ4v) is 4.29. The normalized spacial score (nSPS) is 13.6. The molecule has 0 aliphatic carbocycles. The molecule has 1 atom stereocenters. The van der Waals surface area contributed by atoms with Gasteiger partial charge in [0.15, 0.2) is 9.84 Å². The first-order valence-corrected chi connectivity index (χ1v) is 8.69. The second kappa shape index (κ2) is 6.76. The van der Waals surface area contributed by atoms with Crippen LogP contribution < -0.4 is 0 Å². The molecule has 1 unspecified atom stereocenters. The summed E-state index contributed by atoms with van der Waals surface area (Å²) in [5, 5.41) is 1.27. The van der Waals surface area contributed by atoms with Crippen LogP contribution in [0, 0.1) is 5.92 Å². The van der Waals surface area contributed by atoms with Crippen LogP contribution in [0.4, 0.5) is 0 Å². The number of rotatable bonds is 6. The summed E-state index contributed by atoms with van der Waals surface area (Å²) >= 11 is 9.11. The van der Waals surface area contributed by atoms with Crippen LogP contribution in [-0.4, -0.2) is 19.5 Å². The van der Waals surface area contributed by atoms with Crippen molar-refractivity contribution in [2.24, 2.45) is 5.92 Å². The van der Waals surface area contributed by atoms with Crippen molar-refractivity contribution in [3.8, 4) is 0 Å². The lowest BCUT2D eigenvalue weighted by Crippen LogP contribution is -2.17. The van der Waals surface area contributed by atoms with Gasteiger partial charge >= 0.3 is 0 Å². The summed E-state index contributed by atoms with van der Waals surface area (Å²) < 4.78 is 24.2. The highest BCUT2D eigenvalue weighted by atomic mass is 79.9. The Balaban J connectivity index is 2.84. The minimum atomic E-state index is -3.20. The number of sulfone groups is 1. The van der Waals surface area contributed by atoms with Gasteiger partial charge in [-0.1, -0.05) is 40.9 Å². The molecule has 1 rings (SSSR count). The van der Waals surface area contributed by atoms with E-state index >= 15 is 0 Å². The third-order valence-corrected chi connectivity index (χ3v) is 5.61. The lowest BCUT2D eigenvalue weighted by Gasteiger charge is -2.13. The van der Waals surface area contributed by atoms with E-state index in [1.807, 2.05) is 0 Å². The molecular weight excluding hydrogens is 324 g/mol. The monoisotopic (exact) mass is 338 g/mol. The van der Waals surface area contributed by atoms with E-state index in [-0.39, 0.29) is 11.7 Å². The minimum absolute atomic E-state index is 0.167. The number of hydrogen-bond acceptors (Lipinski definition) is 2. The summed E-state index contributed by atoms with van der Waals surface area (Å²) in [6.45, 7) is 2.06. The molecule has 0 aliphatic heterocycles. The van der Waals surface area contributed by atoms with Crippen molar-refractivity contribution in [1.82, 2.24) is 0 Å². The van der Waals surface area contributed by atoms with Gasteiger partial charge in [-0.2, -0.15) is 0 Å². The molecule has 0 saturated carbocycles. The lowest BCUT2D eigenvalue weighted by molar-refractivity contribution is 0.552. The molecule has 0 radical (unpaired) electrons. The molecule has 1 aromatic rings. The van der Waals surface area contributed by atoms with Crippen molar-refractivity contribution in [2.45, 2.75) is 24.7 Å². The molecule has 0 amide bonds. The molecule has 1 aromatic carbocycles. The minimum Gasteiger partial charge on any atom is -0.224 e. The van der Waals surface area contributed by atoms with Gasteiger partial charge in [-0.3, -0.25) is 0 Å². The molecule has 17 heavy (non-hydrogen) atoms. The predicted molar refractivity (Wildman–Crippen MR) is 75.7 cm³/mol. The molecule has 0 N–H and O–H groups in total. The Bertz CT molecular complexity index is 442. The Hall–Kier alpha value is -0.0600. The molecule has 96 valence electrons. The summed E-state index contributed by atoms with van der Waals surface area (Å²) in [7, 11) is -3.20. The van der Waals surface area contributed by atoms with Crippen LogP contribution in [0.25, 0.3) is 0 Å². The van der Waals surface area contributed by atoms with Crippen LogP contribution in [0.5, 0.6) is 0 Å². The third-order valence-electron chi connectivity index (χ3n) is 2.54. The number of alkyl halides is 1. The van der Waals surface area contributed by atoms with Crippen molar-refractivity contribution in [1.29, 1.82) is 0 Å². The van der Waals surface area contributed by atoms with Gasteiger partial charge in [-0.25, -0.2) is 8.42 Å². The Morgan fingerprint density at radius 3 is 2.35 bits per heavy atom. The number of halogens is 2. The summed E-state index contributed by atoms with van der Waals surface area (Å²) in [6.07, 6.45) is 1.91. The average molecular weight is 340 g/mol. The van der Waals surface area contributed by atoms with Crippen LogP contribution in [0.15, 0.2) is 29.2 Å². The van der Waals surface area contributed by atoms with Gasteiger partial charge in [0.2, 0.25) is 0 Å². The molecule has 0 bridgehead atoms. The van der Waals surface area contributed by atoms with E-state index in [1.165, 1.54) is 0 Å². The molecule has 0 aromatic heterocycles. The predicted octanol–water partition coefficient (Wildman–Crippen LogP) is 3.92. The zero-order chi connectivity index (χ0) is 12.9. The first kappa shape index (κ1) is 15.0. The first-order chi connectivity index (χ1) is 7.99. The Morgan fingerprint density at radius 1 is 1.29 bits per heavy atom. The molecule has 5 heteroatoms.